The Bertz CT molecular complexity index is 1250. The minimum atomic E-state index is -0.136. The number of hydrogen-bond donors (Lipinski definition) is 1. The molecule has 5 heterocycles. The second-order valence-electron chi connectivity index (χ2n) is 8.16. The van der Waals surface area contributed by atoms with Crippen molar-refractivity contribution in [3.8, 4) is 11.3 Å². The molecule has 0 saturated heterocycles. The van der Waals surface area contributed by atoms with Crippen LogP contribution < -0.4 is 11.0 Å². The lowest BCUT2D eigenvalue weighted by atomic mass is 9.99. The fourth-order valence-electron chi connectivity index (χ4n) is 4.34. The molecule has 0 saturated carbocycles. The van der Waals surface area contributed by atoms with Gasteiger partial charge >= 0.3 is 0 Å². The number of ether oxygens (including phenoxy) is 1. The van der Waals surface area contributed by atoms with Gasteiger partial charge in [-0.25, -0.2) is 9.66 Å². The lowest BCUT2D eigenvalue weighted by molar-refractivity contribution is 0.180. The zero-order valence-electron chi connectivity index (χ0n) is 18.4. The average Bonchev–Trinajstić information content (AvgIpc) is 2.82. The summed E-state index contributed by atoms with van der Waals surface area (Å²) in [5.41, 5.74) is 10.1. The third-order valence-corrected chi connectivity index (χ3v) is 6.15. The van der Waals surface area contributed by atoms with Crippen LogP contribution in [0.3, 0.4) is 0 Å². The quantitative estimate of drug-likeness (QED) is 0.670. The van der Waals surface area contributed by atoms with Crippen molar-refractivity contribution in [3.63, 3.8) is 0 Å². The molecule has 3 aromatic rings. The van der Waals surface area contributed by atoms with Gasteiger partial charge in [-0.05, 0) is 36.6 Å². The van der Waals surface area contributed by atoms with E-state index in [9.17, 15) is 4.79 Å². The Labute approximate surface area is 185 Å². The number of allylic oxidation sites excluding steroid dienone is 1. The summed E-state index contributed by atoms with van der Waals surface area (Å²) in [6.07, 6.45) is 7.70. The Kier molecular flexibility index (Phi) is 5.28. The number of nitrogens with zero attached hydrogens (tertiary/aromatic N) is 6. The molecule has 9 heteroatoms. The number of hydrogen-bond acceptors (Lipinski definition) is 8. The van der Waals surface area contributed by atoms with E-state index >= 15 is 0 Å². The van der Waals surface area contributed by atoms with Crippen molar-refractivity contribution < 1.29 is 4.74 Å². The van der Waals surface area contributed by atoms with Crippen molar-refractivity contribution >= 4 is 5.57 Å². The maximum absolute atomic E-state index is 12.8. The highest BCUT2D eigenvalue weighted by Crippen LogP contribution is 2.29. The van der Waals surface area contributed by atoms with Crippen LogP contribution in [0.15, 0.2) is 47.3 Å². The molecule has 0 bridgehead atoms. The zero-order valence-corrected chi connectivity index (χ0v) is 18.4. The van der Waals surface area contributed by atoms with Crippen molar-refractivity contribution in [1.82, 2.24) is 29.5 Å². The summed E-state index contributed by atoms with van der Waals surface area (Å²) >= 11 is 0. The first-order valence-corrected chi connectivity index (χ1v) is 10.6. The maximum Gasteiger partial charge on any atom is 0.272 e. The van der Waals surface area contributed by atoms with Gasteiger partial charge in [0.1, 0.15) is 6.17 Å². The van der Waals surface area contributed by atoms with E-state index in [1.54, 1.807) is 30.4 Å². The highest BCUT2D eigenvalue weighted by Gasteiger charge is 2.31. The fourth-order valence-corrected chi connectivity index (χ4v) is 4.34. The van der Waals surface area contributed by atoms with E-state index in [1.165, 1.54) is 11.6 Å². The summed E-state index contributed by atoms with van der Waals surface area (Å²) in [6.45, 7) is 5.98. The number of fused-ring (bicyclic) bond motifs is 2. The van der Waals surface area contributed by atoms with Gasteiger partial charge < -0.3 is 4.74 Å². The minimum Gasteiger partial charge on any atom is -0.378 e. The molecule has 9 nitrogen and oxygen atoms in total. The summed E-state index contributed by atoms with van der Waals surface area (Å²) in [6, 6.07) is 3.67. The standard InChI is InChI=1S/C23H25N7O2/c1-14-15(2)23(28-30-21(31)9-18(13-32-3)27-22(14)30)29-7-4-19-17(12-29)8-16(10-26-19)20-11-24-5-6-25-20/h5-6,8-11,23,28H,4,7,12-13H2,1-3H3. The topological polar surface area (TPSA) is 98.1 Å². The molecule has 0 aromatic carbocycles. The average molecular weight is 432 g/mol. The van der Waals surface area contributed by atoms with Crippen molar-refractivity contribution in [1.29, 1.82) is 0 Å². The van der Waals surface area contributed by atoms with Crippen molar-refractivity contribution in [2.75, 3.05) is 19.1 Å². The Morgan fingerprint density at radius 3 is 2.84 bits per heavy atom. The van der Waals surface area contributed by atoms with Gasteiger partial charge in [-0.2, -0.15) is 0 Å². The first-order chi connectivity index (χ1) is 15.5. The van der Waals surface area contributed by atoms with E-state index in [2.05, 4.69) is 43.3 Å². The molecule has 5 rings (SSSR count). The van der Waals surface area contributed by atoms with E-state index in [0.29, 0.717) is 18.1 Å². The van der Waals surface area contributed by atoms with E-state index in [-0.39, 0.29) is 11.7 Å². The second kappa shape index (κ2) is 8.25. The lowest BCUT2D eigenvalue weighted by Crippen LogP contribution is -2.52. The predicted molar refractivity (Wildman–Crippen MR) is 120 cm³/mol. The van der Waals surface area contributed by atoms with Crippen LogP contribution in [0.1, 0.15) is 36.6 Å². The van der Waals surface area contributed by atoms with Gasteiger partial charge in [0, 0.05) is 62.5 Å². The summed E-state index contributed by atoms with van der Waals surface area (Å²) in [7, 11) is 1.60. The highest BCUT2D eigenvalue weighted by atomic mass is 16.5. The van der Waals surface area contributed by atoms with Gasteiger partial charge in [0.05, 0.1) is 24.2 Å². The van der Waals surface area contributed by atoms with Crippen molar-refractivity contribution in [2.24, 2.45) is 0 Å². The smallest absolute Gasteiger partial charge is 0.272 e. The molecule has 1 unspecified atom stereocenters. The number of nitrogens with one attached hydrogen (secondary N) is 1. The zero-order chi connectivity index (χ0) is 22.2. The Balaban J connectivity index is 1.45. The molecule has 0 spiro atoms. The largest absolute Gasteiger partial charge is 0.378 e. The molecule has 0 radical (unpaired) electrons. The van der Waals surface area contributed by atoms with Gasteiger partial charge in [0.2, 0.25) is 0 Å². The first-order valence-electron chi connectivity index (χ1n) is 10.6. The number of pyridine rings is 1. The molecular weight excluding hydrogens is 406 g/mol. The van der Waals surface area contributed by atoms with E-state index in [4.69, 9.17) is 4.74 Å². The molecule has 32 heavy (non-hydrogen) atoms. The first kappa shape index (κ1) is 20.5. The monoisotopic (exact) mass is 431 g/mol. The number of rotatable bonds is 4. The third-order valence-electron chi connectivity index (χ3n) is 6.15. The van der Waals surface area contributed by atoms with Crippen molar-refractivity contribution in [3.05, 3.63) is 75.6 Å². The van der Waals surface area contributed by atoms with Crippen LogP contribution in [0, 0.1) is 0 Å². The number of methoxy groups -OCH3 is 1. The van der Waals surface area contributed by atoms with Crippen LogP contribution >= 0.6 is 0 Å². The van der Waals surface area contributed by atoms with E-state index in [1.807, 2.05) is 13.1 Å². The molecule has 1 atom stereocenters. The Morgan fingerprint density at radius 1 is 1.19 bits per heavy atom. The summed E-state index contributed by atoms with van der Waals surface area (Å²) < 4.78 is 6.71. The van der Waals surface area contributed by atoms with Gasteiger partial charge in [-0.3, -0.25) is 30.1 Å². The fraction of sp³-hybridized carbons (Fsp3) is 0.348. The van der Waals surface area contributed by atoms with Crippen LogP contribution in [-0.2, 0) is 24.3 Å². The molecule has 0 amide bonds. The lowest BCUT2D eigenvalue weighted by Gasteiger charge is -2.40. The Morgan fingerprint density at radius 2 is 2.06 bits per heavy atom. The highest BCUT2D eigenvalue weighted by molar-refractivity contribution is 5.65. The van der Waals surface area contributed by atoms with Crippen LogP contribution in [0.2, 0.25) is 0 Å². The third kappa shape index (κ3) is 3.59. The molecule has 0 fully saturated rings. The molecule has 164 valence electrons. The Hall–Kier alpha value is -3.43. The normalized spacial score (nSPS) is 18.2. The molecule has 3 aromatic heterocycles. The van der Waals surface area contributed by atoms with E-state index < -0.39 is 0 Å². The van der Waals surface area contributed by atoms with Crippen LogP contribution in [0.4, 0.5) is 0 Å². The van der Waals surface area contributed by atoms with Crippen molar-refractivity contribution in [2.45, 2.75) is 39.6 Å². The van der Waals surface area contributed by atoms with Crippen LogP contribution in [-0.4, -0.2) is 49.3 Å². The van der Waals surface area contributed by atoms with Gasteiger partial charge in [0.25, 0.3) is 5.56 Å². The maximum atomic E-state index is 12.8. The van der Waals surface area contributed by atoms with Crippen LogP contribution in [0.25, 0.3) is 16.8 Å². The molecule has 2 aliphatic heterocycles. The number of aromatic nitrogens is 5. The molecule has 1 N–H and O–H groups in total. The summed E-state index contributed by atoms with van der Waals surface area (Å²) in [5.74, 6) is 0.641. The summed E-state index contributed by atoms with van der Waals surface area (Å²) in [4.78, 5) is 33.0. The molecule has 0 aliphatic carbocycles. The molecular formula is C23H25N7O2. The summed E-state index contributed by atoms with van der Waals surface area (Å²) in [5, 5.41) is 0. The minimum absolute atomic E-state index is 0.108. The van der Waals surface area contributed by atoms with Gasteiger partial charge in [-0.1, -0.05) is 0 Å². The van der Waals surface area contributed by atoms with Crippen LogP contribution in [0.5, 0.6) is 0 Å². The second-order valence-corrected chi connectivity index (χ2v) is 8.16. The predicted octanol–water partition coefficient (Wildman–Crippen LogP) is 1.98. The SMILES string of the molecule is COCc1cc(=O)n2c(n1)C(C)=C(C)C(N1CCc3ncc(-c4cnccn4)cc3C1)N2. The molecule has 2 aliphatic rings. The van der Waals surface area contributed by atoms with E-state index in [0.717, 1.165) is 47.6 Å². The van der Waals surface area contributed by atoms with Gasteiger partial charge in [-0.15, -0.1) is 0 Å². The van der Waals surface area contributed by atoms with Gasteiger partial charge in [0.15, 0.2) is 5.82 Å².